The SMILES string of the molecule is CCOC(=O)CCC(=O)NCCc1ccco1. The van der Waals surface area contributed by atoms with Gasteiger partial charge < -0.3 is 14.5 Å². The summed E-state index contributed by atoms with van der Waals surface area (Å²) in [6, 6.07) is 3.66. The van der Waals surface area contributed by atoms with Gasteiger partial charge in [0.05, 0.1) is 19.3 Å². The molecule has 0 bridgehead atoms. The van der Waals surface area contributed by atoms with Crippen LogP contribution in [0.1, 0.15) is 25.5 Å². The van der Waals surface area contributed by atoms with Crippen molar-refractivity contribution in [2.45, 2.75) is 26.2 Å². The van der Waals surface area contributed by atoms with E-state index in [1.54, 1.807) is 19.3 Å². The van der Waals surface area contributed by atoms with Gasteiger partial charge >= 0.3 is 5.97 Å². The van der Waals surface area contributed by atoms with Gasteiger partial charge in [0.15, 0.2) is 0 Å². The molecular formula is C12H17NO4. The van der Waals surface area contributed by atoms with Gasteiger partial charge in [-0.1, -0.05) is 0 Å². The number of hydrogen-bond donors (Lipinski definition) is 1. The minimum absolute atomic E-state index is 0.125. The summed E-state index contributed by atoms with van der Waals surface area (Å²) in [4.78, 5) is 22.3. The van der Waals surface area contributed by atoms with Crippen molar-refractivity contribution in [3.05, 3.63) is 24.2 Å². The van der Waals surface area contributed by atoms with E-state index in [0.717, 1.165) is 5.76 Å². The predicted octanol–water partition coefficient (Wildman–Crippen LogP) is 1.28. The molecule has 0 aliphatic carbocycles. The molecule has 1 amide bonds. The molecule has 0 aliphatic rings. The highest BCUT2D eigenvalue weighted by Gasteiger charge is 2.07. The van der Waals surface area contributed by atoms with Crippen LogP contribution in [0.15, 0.2) is 22.8 Å². The van der Waals surface area contributed by atoms with Crippen molar-refractivity contribution in [2.75, 3.05) is 13.2 Å². The van der Waals surface area contributed by atoms with Crippen molar-refractivity contribution < 1.29 is 18.7 Å². The number of carbonyl (C=O) groups is 2. The van der Waals surface area contributed by atoms with Crippen LogP contribution in [-0.4, -0.2) is 25.0 Å². The highest BCUT2D eigenvalue weighted by molar-refractivity contribution is 5.81. The van der Waals surface area contributed by atoms with E-state index in [1.165, 1.54) is 0 Å². The zero-order valence-corrected chi connectivity index (χ0v) is 9.90. The number of carbonyl (C=O) groups excluding carboxylic acids is 2. The van der Waals surface area contributed by atoms with Crippen molar-refractivity contribution in [1.82, 2.24) is 5.32 Å². The molecule has 1 N–H and O–H groups in total. The fourth-order valence-corrected chi connectivity index (χ4v) is 1.32. The first kappa shape index (κ1) is 13.3. The molecule has 0 aromatic carbocycles. The molecular weight excluding hydrogens is 222 g/mol. The van der Waals surface area contributed by atoms with Crippen LogP contribution in [-0.2, 0) is 20.7 Å². The van der Waals surface area contributed by atoms with E-state index in [1.807, 2.05) is 6.07 Å². The third kappa shape index (κ3) is 5.75. The lowest BCUT2D eigenvalue weighted by molar-refractivity contribution is -0.144. The molecule has 0 radical (unpaired) electrons. The lowest BCUT2D eigenvalue weighted by Gasteiger charge is -2.04. The number of hydrogen-bond acceptors (Lipinski definition) is 4. The van der Waals surface area contributed by atoms with E-state index < -0.39 is 0 Å². The Bertz CT molecular complexity index is 345. The second-order valence-corrected chi connectivity index (χ2v) is 3.48. The molecule has 17 heavy (non-hydrogen) atoms. The van der Waals surface area contributed by atoms with Gasteiger partial charge in [0, 0.05) is 19.4 Å². The summed E-state index contributed by atoms with van der Waals surface area (Å²) in [6.45, 7) is 2.59. The number of ether oxygens (including phenoxy) is 1. The van der Waals surface area contributed by atoms with Gasteiger partial charge in [0.2, 0.25) is 5.91 Å². The zero-order chi connectivity index (χ0) is 12.5. The van der Waals surface area contributed by atoms with Crippen molar-refractivity contribution >= 4 is 11.9 Å². The van der Waals surface area contributed by atoms with Crippen LogP contribution in [0.3, 0.4) is 0 Å². The minimum Gasteiger partial charge on any atom is -0.469 e. The summed E-state index contributed by atoms with van der Waals surface area (Å²) in [5.41, 5.74) is 0. The van der Waals surface area contributed by atoms with Crippen molar-refractivity contribution in [3.63, 3.8) is 0 Å². The van der Waals surface area contributed by atoms with Gasteiger partial charge in [-0.05, 0) is 19.1 Å². The van der Waals surface area contributed by atoms with E-state index >= 15 is 0 Å². The number of esters is 1. The topological polar surface area (TPSA) is 68.5 Å². The highest BCUT2D eigenvalue weighted by Crippen LogP contribution is 1.99. The number of rotatable bonds is 7. The van der Waals surface area contributed by atoms with Gasteiger partial charge in [-0.2, -0.15) is 0 Å². The molecule has 94 valence electrons. The van der Waals surface area contributed by atoms with Gasteiger partial charge in [0.25, 0.3) is 0 Å². The van der Waals surface area contributed by atoms with Crippen molar-refractivity contribution in [2.24, 2.45) is 0 Å². The normalized spacial score (nSPS) is 9.94. The molecule has 0 atom stereocenters. The van der Waals surface area contributed by atoms with Crippen LogP contribution in [0.25, 0.3) is 0 Å². The van der Waals surface area contributed by atoms with E-state index in [0.29, 0.717) is 19.6 Å². The van der Waals surface area contributed by atoms with E-state index in [2.05, 4.69) is 5.32 Å². The summed E-state index contributed by atoms with van der Waals surface area (Å²) < 4.78 is 9.84. The van der Waals surface area contributed by atoms with E-state index in [-0.39, 0.29) is 24.7 Å². The number of nitrogens with one attached hydrogen (secondary N) is 1. The summed E-state index contributed by atoms with van der Waals surface area (Å²) in [6.07, 6.45) is 2.54. The average Bonchev–Trinajstić information content (AvgIpc) is 2.80. The highest BCUT2D eigenvalue weighted by atomic mass is 16.5. The maximum atomic E-state index is 11.3. The molecule has 0 saturated carbocycles. The first-order valence-electron chi connectivity index (χ1n) is 5.67. The monoisotopic (exact) mass is 239 g/mol. The summed E-state index contributed by atoms with van der Waals surface area (Å²) in [5.74, 6) is 0.342. The molecule has 0 fully saturated rings. The van der Waals surface area contributed by atoms with Crippen molar-refractivity contribution in [1.29, 1.82) is 0 Å². The molecule has 0 aliphatic heterocycles. The second-order valence-electron chi connectivity index (χ2n) is 3.48. The molecule has 0 saturated heterocycles. The van der Waals surface area contributed by atoms with Gasteiger partial charge in [0.1, 0.15) is 5.76 Å². The quantitative estimate of drug-likeness (QED) is 0.728. The first-order chi connectivity index (χ1) is 8.22. The largest absolute Gasteiger partial charge is 0.469 e. The van der Waals surface area contributed by atoms with Gasteiger partial charge in [-0.25, -0.2) is 0 Å². The Hall–Kier alpha value is -1.78. The molecule has 1 heterocycles. The maximum absolute atomic E-state index is 11.3. The Kier molecular flexibility index (Phi) is 5.85. The second kappa shape index (κ2) is 7.49. The Morgan fingerprint density at radius 2 is 2.24 bits per heavy atom. The third-order valence-electron chi connectivity index (χ3n) is 2.14. The lowest BCUT2D eigenvalue weighted by Crippen LogP contribution is -2.26. The molecule has 5 nitrogen and oxygen atoms in total. The standard InChI is InChI=1S/C12H17NO4/c1-2-16-12(15)6-5-11(14)13-8-7-10-4-3-9-17-10/h3-4,9H,2,5-8H2,1H3,(H,13,14). The Morgan fingerprint density at radius 1 is 1.41 bits per heavy atom. The van der Waals surface area contributed by atoms with Crippen LogP contribution >= 0.6 is 0 Å². The molecule has 0 spiro atoms. The summed E-state index contributed by atoms with van der Waals surface area (Å²) >= 11 is 0. The van der Waals surface area contributed by atoms with Crippen LogP contribution in [0.5, 0.6) is 0 Å². The van der Waals surface area contributed by atoms with Crippen LogP contribution in [0.2, 0.25) is 0 Å². The zero-order valence-electron chi connectivity index (χ0n) is 9.90. The first-order valence-corrected chi connectivity index (χ1v) is 5.67. The van der Waals surface area contributed by atoms with Crippen molar-refractivity contribution in [3.8, 4) is 0 Å². The fourth-order valence-electron chi connectivity index (χ4n) is 1.32. The maximum Gasteiger partial charge on any atom is 0.306 e. The van der Waals surface area contributed by atoms with Crippen LogP contribution < -0.4 is 5.32 Å². The lowest BCUT2D eigenvalue weighted by atomic mass is 10.3. The smallest absolute Gasteiger partial charge is 0.306 e. The average molecular weight is 239 g/mol. The predicted molar refractivity (Wildman–Crippen MR) is 61.3 cm³/mol. The molecule has 0 unspecified atom stereocenters. The Balaban J connectivity index is 2.07. The van der Waals surface area contributed by atoms with E-state index in [9.17, 15) is 9.59 Å². The summed E-state index contributed by atoms with van der Waals surface area (Å²) in [7, 11) is 0. The van der Waals surface area contributed by atoms with Gasteiger partial charge in [-0.15, -0.1) is 0 Å². The molecule has 1 aromatic heterocycles. The molecule has 1 aromatic rings. The Morgan fingerprint density at radius 3 is 2.88 bits per heavy atom. The van der Waals surface area contributed by atoms with Crippen LogP contribution in [0.4, 0.5) is 0 Å². The van der Waals surface area contributed by atoms with Crippen LogP contribution in [0, 0.1) is 0 Å². The number of amides is 1. The Labute approximate surface area is 100 Å². The van der Waals surface area contributed by atoms with E-state index in [4.69, 9.17) is 9.15 Å². The number of furan rings is 1. The summed E-state index contributed by atoms with van der Waals surface area (Å²) in [5, 5.41) is 2.71. The third-order valence-corrected chi connectivity index (χ3v) is 2.14. The van der Waals surface area contributed by atoms with Gasteiger partial charge in [-0.3, -0.25) is 9.59 Å². The fraction of sp³-hybridized carbons (Fsp3) is 0.500. The molecule has 5 heteroatoms. The minimum atomic E-state index is -0.339. The molecule has 1 rings (SSSR count).